The van der Waals surface area contributed by atoms with Gasteiger partial charge in [-0.2, -0.15) is 0 Å². The lowest BCUT2D eigenvalue weighted by Crippen LogP contribution is -2.33. The minimum absolute atomic E-state index is 0.0224. The first-order chi connectivity index (χ1) is 15.5. The smallest absolute Gasteiger partial charge is 0.295 e. The van der Waals surface area contributed by atoms with Crippen LogP contribution in [0.1, 0.15) is 24.1 Å². The van der Waals surface area contributed by atoms with E-state index < -0.39 is 17.7 Å². The van der Waals surface area contributed by atoms with Gasteiger partial charge in [-0.25, -0.2) is 0 Å². The number of para-hydroxylation sites is 1. The zero-order valence-corrected chi connectivity index (χ0v) is 18.1. The zero-order valence-electron chi connectivity index (χ0n) is 18.1. The number of hydrogen-bond donors (Lipinski definition) is 2. The second-order valence-corrected chi connectivity index (χ2v) is 7.03. The number of ketones is 1. The number of aliphatic hydroxyl groups is 2. The monoisotopic (exact) mass is 441 g/mol. The van der Waals surface area contributed by atoms with E-state index in [2.05, 4.69) is 0 Å². The van der Waals surface area contributed by atoms with Gasteiger partial charge in [0.25, 0.3) is 11.7 Å². The number of hydrogen-bond acceptors (Lipinski definition) is 7. The van der Waals surface area contributed by atoms with Gasteiger partial charge in [-0.15, -0.1) is 0 Å². The number of aliphatic hydroxyl groups excluding tert-OH is 2. The number of nitrogens with zero attached hydrogens (tertiary/aromatic N) is 1. The van der Waals surface area contributed by atoms with Crippen molar-refractivity contribution in [3.63, 3.8) is 0 Å². The van der Waals surface area contributed by atoms with E-state index in [1.165, 1.54) is 12.0 Å². The van der Waals surface area contributed by atoms with E-state index in [0.29, 0.717) is 29.2 Å². The van der Waals surface area contributed by atoms with Crippen LogP contribution in [0.15, 0.2) is 54.1 Å². The maximum Gasteiger partial charge on any atom is 0.295 e. The molecule has 1 aliphatic rings. The maximum absolute atomic E-state index is 13.0. The molecule has 0 unspecified atom stereocenters. The van der Waals surface area contributed by atoms with Gasteiger partial charge in [-0.05, 0) is 37.3 Å². The van der Waals surface area contributed by atoms with Crippen molar-refractivity contribution < 1.29 is 34.0 Å². The molecule has 2 N–H and O–H groups in total. The molecule has 1 saturated heterocycles. The molecule has 0 bridgehead atoms. The van der Waals surface area contributed by atoms with Gasteiger partial charge in [-0.1, -0.05) is 18.2 Å². The van der Waals surface area contributed by atoms with Crippen LogP contribution in [0.25, 0.3) is 5.76 Å². The quantitative estimate of drug-likeness (QED) is 0.253. The Kier molecular flexibility index (Phi) is 7.86. The number of carbonyl (C=O) groups excluding carboxylic acids is 2. The van der Waals surface area contributed by atoms with Crippen molar-refractivity contribution in [1.29, 1.82) is 0 Å². The third-order valence-corrected chi connectivity index (χ3v) is 5.12. The SMILES string of the molecule is CCOc1ccc(/C(O)=C2\C(=O)C(=O)N(CCOCCO)[C@@H]2c2ccccc2OC)cc1. The van der Waals surface area contributed by atoms with Gasteiger partial charge < -0.3 is 29.3 Å². The Bertz CT molecular complexity index is 984. The fourth-order valence-corrected chi connectivity index (χ4v) is 3.69. The second kappa shape index (κ2) is 10.8. The van der Waals surface area contributed by atoms with Crippen molar-refractivity contribution in [2.24, 2.45) is 0 Å². The predicted octanol–water partition coefficient (Wildman–Crippen LogP) is 2.52. The Morgan fingerprint density at radius 3 is 2.44 bits per heavy atom. The van der Waals surface area contributed by atoms with Gasteiger partial charge in [-0.3, -0.25) is 9.59 Å². The summed E-state index contributed by atoms with van der Waals surface area (Å²) in [6, 6.07) is 12.8. The third kappa shape index (κ3) is 4.76. The molecular formula is C24H27NO7. The normalized spacial score (nSPS) is 17.6. The van der Waals surface area contributed by atoms with Gasteiger partial charge in [0, 0.05) is 17.7 Å². The molecule has 1 aliphatic heterocycles. The summed E-state index contributed by atoms with van der Waals surface area (Å²) in [4.78, 5) is 27.3. The van der Waals surface area contributed by atoms with Gasteiger partial charge in [0.2, 0.25) is 0 Å². The highest BCUT2D eigenvalue weighted by Gasteiger charge is 2.46. The summed E-state index contributed by atoms with van der Waals surface area (Å²) in [5.41, 5.74) is 0.942. The Morgan fingerprint density at radius 1 is 1.06 bits per heavy atom. The Labute approximate surface area is 186 Å². The first-order valence-corrected chi connectivity index (χ1v) is 10.4. The Morgan fingerprint density at radius 2 is 1.78 bits per heavy atom. The number of amides is 1. The first kappa shape index (κ1) is 23.3. The van der Waals surface area contributed by atoms with Crippen molar-refractivity contribution in [2.75, 3.05) is 40.1 Å². The van der Waals surface area contributed by atoms with E-state index in [1.807, 2.05) is 6.92 Å². The lowest BCUT2D eigenvalue weighted by molar-refractivity contribution is -0.140. The molecule has 0 saturated carbocycles. The molecule has 2 aromatic carbocycles. The molecule has 170 valence electrons. The van der Waals surface area contributed by atoms with Crippen molar-refractivity contribution in [2.45, 2.75) is 13.0 Å². The minimum atomic E-state index is -0.851. The van der Waals surface area contributed by atoms with Crippen LogP contribution in [-0.4, -0.2) is 66.9 Å². The molecule has 0 aromatic heterocycles. The van der Waals surface area contributed by atoms with Crippen molar-refractivity contribution in [3.8, 4) is 11.5 Å². The number of benzene rings is 2. The standard InChI is InChI=1S/C24H27NO7/c1-3-32-17-10-8-16(9-11-17)22(27)20-21(18-6-4-5-7-19(18)30-2)25(24(29)23(20)28)12-14-31-15-13-26/h4-11,21,26-27H,3,12-15H2,1-2H3/b22-20+/t21-/m1/s1. The van der Waals surface area contributed by atoms with Crippen molar-refractivity contribution >= 4 is 17.4 Å². The molecule has 0 spiro atoms. The van der Waals surface area contributed by atoms with E-state index in [-0.39, 0.29) is 37.7 Å². The fourth-order valence-electron chi connectivity index (χ4n) is 3.69. The second-order valence-electron chi connectivity index (χ2n) is 7.03. The number of carbonyl (C=O) groups is 2. The van der Waals surface area contributed by atoms with Gasteiger partial charge >= 0.3 is 0 Å². The summed E-state index contributed by atoms with van der Waals surface area (Å²) in [6.45, 7) is 2.58. The largest absolute Gasteiger partial charge is 0.507 e. The summed E-state index contributed by atoms with van der Waals surface area (Å²) >= 11 is 0. The summed E-state index contributed by atoms with van der Waals surface area (Å²) in [5, 5.41) is 20.0. The van der Waals surface area contributed by atoms with E-state index in [1.54, 1.807) is 48.5 Å². The number of ether oxygens (including phenoxy) is 3. The third-order valence-electron chi connectivity index (χ3n) is 5.12. The average molecular weight is 441 g/mol. The Balaban J connectivity index is 2.07. The van der Waals surface area contributed by atoms with Crippen molar-refractivity contribution in [1.82, 2.24) is 4.90 Å². The molecule has 1 atom stereocenters. The van der Waals surface area contributed by atoms with Crippen LogP contribution < -0.4 is 9.47 Å². The van der Waals surface area contributed by atoms with Gasteiger partial charge in [0.05, 0.1) is 45.2 Å². The van der Waals surface area contributed by atoms with Crippen LogP contribution in [0, 0.1) is 0 Å². The molecule has 1 heterocycles. The molecule has 8 nitrogen and oxygen atoms in total. The topological polar surface area (TPSA) is 106 Å². The average Bonchev–Trinajstić information content (AvgIpc) is 3.06. The van der Waals surface area contributed by atoms with E-state index in [9.17, 15) is 14.7 Å². The molecule has 3 rings (SSSR count). The van der Waals surface area contributed by atoms with Crippen LogP contribution in [0.5, 0.6) is 11.5 Å². The van der Waals surface area contributed by atoms with Crippen LogP contribution in [-0.2, 0) is 14.3 Å². The maximum atomic E-state index is 13.0. The lowest BCUT2D eigenvalue weighted by atomic mass is 9.94. The van der Waals surface area contributed by atoms with Crippen LogP contribution in [0.4, 0.5) is 0 Å². The molecule has 1 amide bonds. The summed E-state index contributed by atoms with van der Waals surface area (Å²) < 4.78 is 16.2. The molecule has 2 aromatic rings. The van der Waals surface area contributed by atoms with Gasteiger partial charge in [0.1, 0.15) is 17.3 Å². The lowest BCUT2D eigenvalue weighted by Gasteiger charge is -2.26. The first-order valence-electron chi connectivity index (χ1n) is 10.4. The summed E-state index contributed by atoms with van der Waals surface area (Å²) in [5.74, 6) is -0.679. The molecule has 1 fully saturated rings. The number of rotatable bonds is 10. The molecule has 8 heteroatoms. The summed E-state index contributed by atoms with van der Waals surface area (Å²) in [6.07, 6.45) is 0. The predicted molar refractivity (Wildman–Crippen MR) is 118 cm³/mol. The molecule has 0 aliphatic carbocycles. The highest BCUT2D eigenvalue weighted by molar-refractivity contribution is 6.46. The molecule has 32 heavy (non-hydrogen) atoms. The van der Waals surface area contributed by atoms with Crippen molar-refractivity contribution in [3.05, 3.63) is 65.2 Å². The zero-order chi connectivity index (χ0) is 23.1. The van der Waals surface area contributed by atoms with Crippen LogP contribution in [0.3, 0.4) is 0 Å². The van der Waals surface area contributed by atoms with Crippen LogP contribution >= 0.6 is 0 Å². The number of Topliss-reactive ketones (excluding diaryl/α,β-unsaturated/α-hetero) is 1. The highest BCUT2D eigenvalue weighted by atomic mass is 16.5. The number of methoxy groups -OCH3 is 1. The highest BCUT2D eigenvalue weighted by Crippen LogP contribution is 2.42. The molecule has 0 radical (unpaired) electrons. The minimum Gasteiger partial charge on any atom is -0.507 e. The molecular weight excluding hydrogens is 414 g/mol. The van der Waals surface area contributed by atoms with Crippen LogP contribution in [0.2, 0.25) is 0 Å². The Hall–Kier alpha value is -3.36. The summed E-state index contributed by atoms with van der Waals surface area (Å²) in [7, 11) is 1.50. The van der Waals surface area contributed by atoms with Gasteiger partial charge in [0.15, 0.2) is 0 Å². The fraction of sp³-hybridized carbons (Fsp3) is 0.333. The van der Waals surface area contributed by atoms with E-state index in [4.69, 9.17) is 19.3 Å². The van der Waals surface area contributed by atoms with E-state index >= 15 is 0 Å². The van der Waals surface area contributed by atoms with E-state index in [0.717, 1.165) is 0 Å². The number of likely N-dealkylation sites (tertiary alicyclic amines) is 1.